The first-order valence-corrected chi connectivity index (χ1v) is 7.12. The Bertz CT molecular complexity index is 485. The van der Waals surface area contributed by atoms with Gasteiger partial charge in [-0.3, -0.25) is 4.79 Å². The molecule has 0 unspecified atom stereocenters. The van der Waals surface area contributed by atoms with Crippen molar-refractivity contribution in [1.29, 1.82) is 0 Å². The van der Waals surface area contributed by atoms with Crippen LogP contribution < -0.4 is 0 Å². The predicted molar refractivity (Wildman–Crippen MR) is 73.0 cm³/mol. The molecule has 1 aliphatic carbocycles. The van der Waals surface area contributed by atoms with E-state index in [1.165, 1.54) is 19.2 Å². The lowest BCUT2D eigenvalue weighted by Crippen LogP contribution is -2.43. The van der Waals surface area contributed by atoms with E-state index in [1.807, 2.05) is 0 Å². The normalized spacial score (nSPS) is 18.5. The highest BCUT2D eigenvalue weighted by Gasteiger charge is 2.39. The average molecular weight is 300 g/mol. The molecule has 0 aromatic heterocycles. The van der Waals surface area contributed by atoms with Gasteiger partial charge in [-0.25, -0.2) is 0 Å². The quantitative estimate of drug-likeness (QED) is 0.834. The summed E-state index contributed by atoms with van der Waals surface area (Å²) in [6, 6.07) is 4.77. The van der Waals surface area contributed by atoms with E-state index in [0.29, 0.717) is 18.4 Å². The maximum Gasteiger partial charge on any atom is 0.416 e. The van der Waals surface area contributed by atoms with Gasteiger partial charge in [0, 0.05) is 13.5 Å². The third-order valence-electron chi connectivity index (χ3n) is 4.21. The van der Waals surface area contributed by atoms with Crippen LogP contribution in [0.25, 0.3) is 0 Å². The molecule has 0 bridgehead atoms. The van der Waals surface area contributed by atoms with Crippen molar-refractivity contribution >= 4 is 5.78 Å². The smallest absolute Gasteiger partial charge is 0.370 e. The molecule has 2 nitrogen and oxygen atoms in total. The van der Waals surface area contributed by atoms with Gasteiger partial charge >= 0.3 is 6.18 Å². The number of Topliss-reactive ketones (excluding diaryl/α,β-unsaturated/α-hetero) is 1. The molecule has 21 heavy (non-hydrogen) atoms. The second kappa shape index (κ2) is 6.18. The molecule has 0 amide bonds. The highest BCUT2D eigenvalue weighted by Crippen LogP contribution is 2.33. The number of hydrogen-bond donors (Lipinski definition) is 0. The van der Waals surface area contributed by atoms with Crippen LogP contribution in [0.4, 0.5) is 13.2 Å². The molecule has 0 radical (unpaired) electrons. The van der Waals surface area contributed by atoms with E-state index in [0.717, 1.165) is 31.4 Å². The Balaban J connectivity index is 2.08. The summed E-state index contributed by atoms with van der Waals surface area (Å²) < 4.78 is 43.0. The standard InChI is InChI=1S/C16H19F3O2/c1-21-15(9-3-2-4-10-15)14(20)11-12-5-7-13(8-6-12)16(17,18)19/h5-8H,2-4,9-11H2,1H3. The zero-order valence-corrected chi connectivity index (χ0v) is 12.0. The van der Waals surface area contributed by atoms with Gasteiger partial charge in [-0.05, 0) is 30.5 Å². The number of rotatable bonds is 4. The van der Waals surface area contributed by atoms with Crippen molar-refractivity contribution in [3.63, 3.8) is 0 Å². The monoisotopic (exact) mass is 300 g/mol. The van der Waals surface area contributed by atoms with E-state index in [2.05, 4.69) is 0 Å². The van der Waals surface area contributed by atoms with Crippen LogP contribution in [-0.4, -0.2) is 18.5 Å². The van der Waals surface area contributed by atoms with Crippen LogP contribution in [0.15, 0.2) is 24.3 Å². The van der Waals surface area contributed by atoms with Crippen LogP contribution in [0, 0.1) is 0 Å². The summed E-state index contributed by atoms with van der Waals surface area (Å²) in [5.41, 5.74) is -0.853. The maximum atomic E-state index is 12.5. The zero-order valence-electron chi connectivity index (χ0n) is 12.0. The first-order chi connectivity index (χ1) is 9.87. The summed E-state index contributed by atoms with van der Waals surface area (Å²) >= 11 is 0. The van der Waals surface area contributed by atoms with E-state index < -0.39 is 17.3 Å². The van der Waals surface area contributed by atoms with E-state index in [4.69, 9.17) is 4.74 Å². The molecular weight excluding hydrogens is 281 g/mol. The summed E-state index contributed by atoms with van der Waals surface area (Å²) in [7, 11) is 1.54. The van der Waals surface area contributed by atoms with Gasteiger partial charge in [-0.2, -0.15) is 13.2 Å². The highest BCUT2D eigenvalue weighted by atomic mass is 19.4. The molecule has 1 aromatic carbocycles. The van der Waals surface area contributed by atoms with Crippen molar-refractivity contribution < 1.29 is 22.7 Å². The summed E-state index contributed by atoms with van der Waals surface area (Å²) in [4.78, 5) is 12.5. The minimum atomic E-state index is -4.35. The lowest BCUT2D eigenvalue weighted by atomic mass is 9.79. The second-order valence-corrected chi connectivity index (χ2v) is 5.55. The number of ether oxygens (including phenoxy) is 1. The fourth-order valence-electron chi connectivity index (χ4n) is 2.88. The molecule has 116 valence electrons. The third-order valence-corrected chi connectivity index (χ3v) is 4.21. The van der Waals surface area contributed by atoms with Crippen LogP contribution >= 0.6 is 0 Å². The molecule has 5 heteroatoms. The van der Waals surface area contributed by atoms with Crippen LogP contribution in [0.2, 0.25) is 0 Å². The lowest BCUT2D eigenvalue weighted by molar-refractivity contribution is -0.144. The average Bonchev–Trinajstić information content (AvgIpc) is 2.47. The van der Waals surface area contributed by atoms with Gasteiger partial charge in [0.1, 0.15) is 5.60 Å². The lowest BCUT2D eigenvalue weighted by Gasteiger charge is -2.34. The van der Waals surface area contributed by atoms with Crippen LogP contribution in [0.3, 0.4) is 0 Å². The van der Waals surface area contributed by atoms with Crippen molar-refractivity contribution in [3.05, 3.63) is 35.4 Å². The number of carbonyl (C=O) groups excluding carboxylic acids is 1. The minimum absolute atomic E-state index is 0.0375. The Labute approximate surface area is 122 Å². The summed E-state index contributed by atoms with van der Waals surface area (Å²) in [5, 5.41) is 0. The third kappa shape index (κ3) is 3.64. The van der Waals surface area contributed by atoms with E-state index in [-0.39, 0.29) is 12.2 Å². The van der Waals surface area contributed by atoms with Gasteiger partial charge in [0.15, 0.2) is 5.78 Å². The zero-order chi connectivity index (χ0) is 15.5. The van der Waals surface area contributed by atoms with Crippen LogP contribution in [0.5, 0.6) is 0 Å². The van der Waals surface area contributed by atoms with Gasteiger partial charge in [0.05, 0.1) is 5.56 Å². The SMILES string of the molecule is COC1(C(=O)Cc2ccc(C(F)(F)F)cc2)CCCCC1. The molecular formula is C16H19F3O2. The van der Waals surface area contributed by atoms with Crippen molar-refractivity contribution in [1.82, 2.24) is 0 Å². The number of hydrogen-bond acceptors (Lipinski definition) is 2. The molecule has 2 rings (SSSR count). The summed E-state index contributed by atoms with van der Waals surface area (Å²) in [5.74, 6) is -0.0375. The van der Waals surface area contributed by atoms with Crippen molar-refractivity contribution in [2.24, 2.45) is 0 Å². The summed E-state index contributed by atoms with van der Waals surface area (Å²) in [6.07, 6.45) is 0.162. The first kappa shape index (κ1) is 16.0. The fraction of sp³-hybridized carbons (Fsp3) is 0.562. The maximum absolute atomic E-state index is 12.5. The number of carbonyl (C=O) groups is 1. The Morgan fingerprint density at radius 2 is 1.71 bits per heavy atom. The van der Waals surface area contributed by atoms with Crippen molar-refractivity contribution in [2.75, 3.05) is 7.11 Å². The molecule has 0 N–H and O–H groups in total. The molecule has 0 saturated heterocycles. The van der Waals surface area contributed by atoms with Gasteiger partial charge in [-0.1, -0.05) is 31.4 Å². The topological polar surface area (TPSA) is 26.3 Å². The molecule has 1 aromatic rings. The molecule has 1 saturated carbocycles. The van der Waals surface area contributed by atoms with E-state index in [9.17, 15) is 18.0 Å². The van der Waals surface area contributed by atoms with Crippen LogP contribution in [0.1, 0.15) is 43.2 Å². The van der Waals surface area contributed by atoms with Gasteiger partial charge in [0.2, 0.25) is 0 Å². The molecule has 1 fully saturated rings. The van der Waals surface area contributed by atoms with Gasteiger partial charge in [-0.15, -0.1) is 0 Å². The van der Waals surface area contributed by atoms with Gasteiger partial charge < -0.3 is 4.74 Å². The summed E-state index contributed by atoms with van der Waals surface area (Å²) in [6.45, 7) is 0. The number of alkyl halides is 3. The molecule has 0 aliphatic heterocycles. The Hall–Kier alpha value is -1.36. The van der Waals surface area contributed by atoms with Gasteiger partial charge in [0.25, 0.3) is 0 Å². The Morgan fingerprint density at radius 1 is 1.14 bits per heavy atom. The largest absolute Gasteiger partial charge is 0.416 e. The highest BCUT2D eigenvalue weighted by molar-refractivity contribution is 5.89. The number of benzene rings is 1. The number of ketones is 1. The Morgan fingerprint density at radius 3 is 2.19 bits per heavy atom. The molecule has 1 aliphatic rings. The van der Waals surface area contributed by atoms with E-state index in [1.54, 1.807) is 0 Å². The van der Waals surface area contributed by atoms with Crippen molar-refractivity contribution in [2.45, 2.75) is 50.3 Å². The molecule has 0 atom stereocenters. The predicted octanol–water partition coefficient (Wildman–Crippen LogP) is 4.17. The first-order valence-electron chi connectivity index (χ1n) is 7.12. The van der Waals surface area contributed by atoms with E-state index >= 15 is 0 Å². The number of methoxy groups -OCH3 is 1. The number of halogens is 3. The second-order valence-electron chi connectivity index (χ2n) is 5.55. The molecule has 0 spiro atoms. The minimum Gasteiger partial charge on any atom is -0.370 e. The fourth-order valence-corrected chi connectivity index (χ4v) is 2.88. The van der Waals surface area contributed by atoms with Crippen molar-refractivity contribution in [3.8, 4) is 0 Å². The molecule has 0 heterocycles. The Kier molecular flexibility index (Phi) is 4.71. The van der Waals surface area contributed by atoms with Crippen LogP contribution in [-0.2, 0) is 22.1 Å².